The van der Waals surface area contributed by atoms with Gasteiger partial charge in [-0.15, -0.1) is 0 Å². The molecule has 1 N–H and O–H groups in total. The molecule has 0 bridgehead atoms. The summed E-state index contributed by atoms with van der Waals surface area (Å²) in [6.07, 6.45) is 0. The molecule has 0 aromatic heterocycles. The van der Waals surface area contributed by atoms with Crippen LogP contribution < -0.4 is 5.32 Å². The Morgan fingerprint density at radius 3 is 2.85 bits per heavy atom. The van der Waals surface area contributed by atoms with E-state index in [1.165, 1.54) is 0 Å². The summed E-state index contributed by atoms with van der Waals surface area (Å²) < 4.78 is 0. The molecule has 1 saturated heterocycles. The van der Waals surface area contributed by atoms with Gasteiger partial charge in [-0.05, 0) is 18.1 Å². The average molecular weight is 200 g/mol. The van der Waals surface area contributed by atoms with Crippen molar-refractivity contribution in [3.8, 4) is 0 Å². The topological polar surface area (TPSA) is 32.3 Å². The third kappa shape index (κ3) is 2.66. The van der Waals surface area contributed by atoms with Gasteiger partial charge in [-0.3, -0.25) is 4.79 Å². The van der Waals surface area contributed by atoms with E-state index in [1.807, 2.05) is 6.92 Å². The Balaban J connectivity index is 2.56. The first-order valence-corrected chi connectivity index (χ1v) is 5.01. The van der Waals surface area contributed by atoms with E-state index in [9.17, 15) is 4.79 Å². The number of carbonyl (C=O) groups excluding carboxylic acids is 1. The molecule has 0 spiro atoms. The lowest BCUT2D eigenvalue weighted by Crippen LogP contribution is -2.54. The Morgan fingerprint density at radius 1 is 1.69 bits per heavy atom. The molecule has 1 heterocycles. The molecule has 0 aromatic rings. The summed E-state index contributed by atoms with van der Waals surface area (Å²) in [5.74, 6) is 0.663. The van der Waals surface area contributed by atoms with Crippen LogP contribution in [0.3, 0.4) is 0 Å². The predicted octanol–water partition coefficient (Wildman–Crippen LogP) is 0.995. The maximum absolute atomic E-state index is 11.2. The monoisotopic (exact) mass is 200 g/mol. The van der Waals surface area contributed by atoms with Gasteiger partial charge in [0.1, 0.15) is 0 Å². The van der Waals surface area contributed by atoms with E-state index in [0.717, 1.165) is 13.1 Å². The molecule has 0 unspecified atom stereocenters. The summed E-state index contributed by atoms with van der Waals surface area (Å²) in [5.41, 5.74) is 0. The number of carbonyl (C=O) groups is 1. The molecule has 0 saturated carbocycles. The molecule has 1 aliphatic rings. The molecule has 1 rings (SSSR count). The fourth-order valence-corrected chi connectivity index (χ4v) is 1.65. The van der Waals surface area contributed by atoms with Gasteiger partial charge >= 0.3 is 0 Å². The summed E-state index contributed by atoms with van der Waals surface area (Å²) in [6, 6.07) is 0. The van der Waals surface area contributed by atoms with Crippen molar-refractivity contribution >= 4 is 23.2 Å². The van der Waals surface area contributed by atoms with E-state index < -0.39 is 0 Å². The number of hydrogen-bond donors (Lipinski definition) is 1. The zero-order chi connectivity index (χ0) is 10.0. The Kier molecular flexibility index (Phi) is 3.25. The van der Waals surface area contributed by atoms with E-state index in [0.29, 0.717) is 11.0 Å². The van der Waals surface area contributed by atoms with Crippen molar-refractivity contribution in [2.75, 3.05) is 13.1 Å². The molecular weight excluding hydrogens is 184 g/mol. The zero-order valence-corrected chi connectivity index (χ0v) is 9.15. The second kappa shape index (κ2) is 4.05. The standard InChI is InChI=1S/C9H16N2OS/c1-6(2)4-11-5-7(3)8(12)10-9(11)13/h6-7H,4-5H2,1-3H3,(H,10,12,13)/t7-/m0/s1. The van der Waals surface area contributed by atoms with Crippen LogP contribution in [-0.4, -0.2) is 29.0 Å². The van der Waals surface area contributed by atoms with Crippen molar-refractivity contribution in [2.24, 2.45) is 11.8 Å². The van der Waals surface area contributed by atoms with Crippen molar-refractivity contribution in [2.45, 2.75) is 20.8 Å². The number of nitrogens with zero attached hydrogens (tertiary/aromatic N) is 1. The highest BCUT2D eigenvalue weighted by molar-refractivity contribution is 7.80. The van der Waals surface area contributed by atoms with Crippen molar-refractivity contribution in [3.63, 3.8) is 0 Å². The van der Waals surface area contributed by atoms with Gasteiger partial charge < -0.3 is 10.2 Å². The third-order valence-electron chi connectivity index (χ3n) is 2.04. The predicted molar refractivity (Wildman–Crippen MR) is 56.3 cm³/mol. The quantitative estimate of drug-likeness (QED) is 0.675. The Bertz CT molecular complexity index is 228. The molecule has 3 nitrogen and oxygen atoms in total. The van der Waals surface area contributed by atoms with Gasteiger partial charge in [-0.2, -0.15) is 0 Å². The minimum atomic E-state index is 0.0463. The van der Waals surface area contributed by atoms with Gasteiger partial charge in [0.15, 0.2) is 5.11 Å². The summed E-state index contributed by atoms with van der Waals surface area (Å²) in [5, 5.41) is 3.28. The number of thiocarbonyl (C=S) groups is 1. The van der Waals surface area contributed by atoms with Gasteiger partial charge in [0.25, 0.3) is 0 Å². The second-order valence-electron chi connectivity index (χ2n) is 3.99. The van der Waals surface area contributed by atoms with Crippen molar-refractivity contribution in [1.82, 2.24) is 10.2 Å². The van der Waals surface area contributed by atoms with Gasteiger partial charge in [-0.25, -0.2) is 0 Å². The lowest BCUT2D eigenvalue weighted by atomic mass is 10.1. The SMILES string of the molecule is CC(C)CN1C[C@H](C)C(=O)NC1=S. The van der Waals surface area contributed by atoms with Crippen LogP contribution in [0.25, 0.3) is 0 Å². The highest BCUT2D eigenvalue weighted by atomic mass is 32.1. The smallest absolute Gasteiger partial charge is 0.230 e. The summed E-state index contributed by atoms with van der Waals surface area (Å²) in [4.78, 5) is 13.3. The first-order chi connectivity index (χ1) is 6.00. The summed E-state index contributed by atoms with van der Waals surface area (Å²) in [6.45, 7) is 7.88. The minimum Gasteiger partial charge on any atom is -0.348 e. The largest absolute Gasteiger partial charge is 0.348 e. The molecular formula is C9H16N2OS. The van der Waals surface area contributed by atoms with Crippen LogP contribution in [0, 0.1) is 11.8 Å². The molecule has 0 radical (unpaired) electrons. The lowest BCUT2D eigenvalue weighted by molar-refractivity contribution is -0.124. The highest BCUT2D eigenvalue weighted by Gasteiger charge is 2.26. The number of amides is 1. The van der Waals surface area contributed by atoms with Crippen molar-refractivity contribution < 1.29 is 4.79 Å². The van der Waals surface area contributed by atoms with Crippen LogP contribution in [0.1, 0.15) is 20.8 Å². The van der Waals surface area contributed by atoms with Crippen LogP contribution >= 0.6 is 12.2 Å². The average Bonchev–Trinajstić information content (AvgIpc) is 1.99. The number of nitrogens with one attached hydrogen (secondary N) is 1. The third-order valence-corrected chi connectivity index (χ3v) is 2.40. The summed E-state index contributed by atoms with van der Waals surface area (Å²) in [7, 11) is 0. The molecule has 0 aliphatic carbocycles. The molecule has 4 heteroatoms. The Morgan fingerprint density at radius 2 is 2.31 bits per heavy atom. The van der Waals surface area contributed by atoms with E-state index in [1.54, 1.807) is 0 Å². The maximum Gasteiger partial charge on any atom is 0.230 e. The molecule has 1 atom stereocenters. The van der Waals surface area contributed by atoms with Crippen molar-refractivity contribution in [3.05, 3.63) is 0 Å². The minimum absolute atomic E-state index is 0.0463. The first kappa shape index (κ1) is 10.4. The fourth-order valence-electron chi connectivity index (χ4n) is 1.40. The van der Waals surface area contributed by atoms with Crippen molar-refractivity contribution in [1.29, 1.82) is 0 Å². The summed E-state index contributed by atoms with van der Waals surface area (Å²) >= 11 is 5.07. The van der Waals surface area contributed by atoms with E-state index >= 15 is 0 Å². The van der Waals surface area contributed by atoms with Gasteiger partial charge in [-0.1, -0.05) is 20.8 Å². The molecule has 0 aromatic carbocycles. The van der Waals surface area contributed by atoms with E-state index in [4.69, 9.17) is 12.2 Å². The maximum atomic E-state index is 11.2. The second-order valence-corrected chi connectivity index (χ2v) is 4.38. The van der Waals surface area contributed by atoms with Crippen LogP contribution in [0.15, 0.2) is 0 Å². The van der Waals surface area contributed by atoms with E-state index in [-0.39, 0.29) is 11.8 Å². The molecule has 1 amide bonds. The lowest BCUT2D eigenvalue weighted by Gasteiger charge is -2.33. The highest BCUT2D eigenvalue weighted by Crippen LogP contribution is 2.09. The van der Waals surface area contributed by atoms with Crippen LogP contribution in [0.2, 0.25) is 0 Å². The molecule has 74 valence electrons. The Hall–Kier alpha value is -0.640. The number of hydrogen-bond acceptors (Lipinski definition) is 2. The molecule has 13 heavy (non-hydrogen) atoms. The van der Waals surface area contributed by atoms with Crippen LogP contribution in [0.5, 0.6) is 0 Å². The van der Waals surface area contributed by atoms with Gasteiger partial charge in [0, 0.05) is 13.1 Å². The van der Waals surface area contributed by atoms with E-state index in [2.05, 4.69) is 24.1 Å². The molecule has 1 aliphatic heterocycles. The normalized spacial score (nSPS) is 23.7. The van der Waals surface area contributed by atoms with Crippen LogP contribution in [-0.2, 0) is 4.79 Å². The Labute approximate surface area is 84.5 Å². The molecule has 1 fully saturated rings. The van der Waals surface area contributed by atoms with Crippen LogP contribution in [0.4, 0.5) is 0 Å². The first-order valence-electron chi connectivity index (χ1n) is 4.60. The zero-order valence-electron chi connectivity index (χ0n) is 8.33. The fraction of sp³-hybridized carbons (Fsp3) is 0.778. The van der Waals surface area contributed by atoms with Gasteiger partial charge in [0.05, 0.1) is 5.92 Å². The number of rotatable bonds is 2. The van der Waals surface area contributed by atoms with Gasteiger partial charge in [0.2, 0.25) is 5.91 Å².